The van der Waals surface area contributed by atoms with Crippen molar-refractivity contribution in [1.82, 2.24) is 0 Å². The van der Waals surface area contributed by atoms with Gasteiger partial charge in [0.1, 0.15) is 17.9 Å². The van der Waals surface area contributed by atoms with Gasteiger partial charge in [-0.15, -0.1) is 0 Å². The Kier molecular flexibility index (Phi) is 8.76. The molecule has 0 aliphatic carbocycles. The fraction of sp³-hybridized carbons (Fsp3) is 0.375. The van der Waals surface area contributed by atoms with E-state index in [1.165, 1.54) is 44.3 Å². The van der Waals surface area contributed by atoms with Gasteiger partial charge >= 0.3 is 18.2 Å². The van der Waals surface area contributed by atoms with Gasteiger partial charge in [0.15, 0.2) is 0 Å². The number of anilines is 2. The number of hydrogen-bond donors (Lipinski definition) is 0. The summed E-state index contributed by atoms with van der Waals surface area (Å²) in [5.41, 5.74) is 0.642. The molecule has 0 unspecified atom stereocenters. The third kappa shape index (κ3) is 7.70. The maximum Gasteiger partial charge on any atom is 0.414 e. The molecule has 0 bridgehead atoms. The lowest BCUT2D eigenvalue weighted by molar-refractivity contribution is -0.384. The molecule has 35 heavy (non-hydrogen) atoms. The Morgan fingerprint density at radius 2 is 1.54 bits per heavy atom. The van der Waals surface area contributed by atoms with Gasteiger partial charge in [0, 0.05) is 25.8 Å². The van der Waals surface area contributed by atoms with Crippen LogP contribution in [0.2, 0.25) is 0 Å². The van der Waals surface area contributed by atoms with Gasteiger partial charge in [0.25, 0.3) is 5.69 Å². The Hall–Kier alpha value is -4.15. The highest BCUT2D eigenvalue weighted by Gasteiger charge is 2.26. The molecule has 2 amide bonds. The van der Waals surface area contributed by atoms with Crippen molar-refractivity contribution in [3.8, 4) is 0 Å². The van der Waals surface area contributed by atoms with Crippen LogP contribution in [0.15, 0.2) is 42.5 Å². The van der Waals surface area contributed by atoms with Gasteiger partial charge in [-0.25, -0.2) is 9.59 Å². The van der Waals surface area contributed by atoms with Crippen LogP contribution in [-0.2, 0) is 32.0 Å². The van der Waals surface area contributed by atoms with Gasteiger partial charge in [0.2, 0.25) is 0 Å². The molecule has 0 aliphatic heterocycles. The van der Waals surface area contributed by atoms with Crippen molar-refractivity contribution in [3.63, 3.8) is 0 Å². The van der Waals surface area contributed by atoms with E-state index in [4.69, 9.17) is 9.47 Å². The van der Waals surface area contributed by atoms with Crippen LogP contribution >= 0.6 is 0 Å². The van der Waals surface area contributed by atoms with Crippen LogP contribution in [0.5, 0.6) is 0 Å². The first-order valence-electron chi connectivity index (χ1n) is 10.6. The molecule has 2 rings (SSSR count). The molecule has 2 aromatic rings. The van der Waals surface area contributed by atoms with Crippen LogP contribution in [0.25, 0.3) is 0 Å². The second-order valence-corrected chi connectivity index (χ2v) is 8.65. The quantitative estimate of drug-likeness (QED) is 0.242. The summed E-state index contributed by atoms with van der Waals surface area (Å²) >= 11 is 0. The molecule has 0 spiro atoms. The van der Waals surface area contributed by atoms with E-state index in [0.717, 1.165) is 10.5 Å². The molecule has 11 heteroatoms. The van der Waals surface area contributed by atoms with Gasteiger partial charge in [-0.1, -0.05) is 12.1 Å². The Bertz CT molecular complexity index is 1090. The standard InChI is InChI=1S/C24H29N3O8/c1-24(2,3)35-23(30)26(5)20-13-17(9-12-19(20)27(31)32)15-34-22(29)25(4)18-10-7-16(8-11-18)14-21(28)33-6/h7-13H,14-15H2,1-6H3. The van der Waals surface area contributed by atoms with Crippen molar-refractivity contribution in [2.45, 2.75) is 39.4 Å². The maximum absolute atomic E-state index is 12.5. The summed E-state index contributed by atoms with van der Waals surface area (Å²) in [6.45, 7) is 4.88. The largest absolute Gasteiger partial charge is 0.469 e. The lowest BCUT2D eigenvalue weighted by Gasteiger charge is -2.24. The Labute approximate surface area is 203 Å². The topological polar surface area (TPSA) is 129 Å². The zero-order valence-corrected chi connectivity index (χ0v) is 20.6. The molecule has 11 nitrogen and oxygen atoms in total. The molecule has 0 heterocycles. The summed E-state index contributed by atoms with van der Waals surface area (Å²) in [6, 6.07) is 10.8. The lowest BCUT2D eigenvalue weighted by atomic mass is 10.1. The molecule has 2 aromatic carbocycles. The zero-order valence-electron chi connectivity index (χ0n) is 20.6. The number of carbonyl (C=O) groups is 3. The number of ether oxygens (including phenoxy) is 3. The highest BCUT2D eigenvalue weighted by molar-refractivity contribution is 5.90. The lowest BCUT2D eigenvalue weighted by Crippen LogP contribution is -2.34. The zero-order chi connectivity index (χ0) is 26.3. The van der Waals surface area contributed by atoms with Crippen LogP contribution in [0.4, 0.5) is 26.7 Å². The summed E-state index contributed by atoms with van der Waals surface area (Å²) in [7, 11) is 4.20. The molecule has 0 N–H and O–H groups in total. The van der Waals surface area contributed by atoms with Crippen molar-refractivity contribution in [2.75, 3.05) is 31.0 Å². The van der Waals surface area contributed by atoms with Crippen molar-refractivity contribution in [1.29, 1.82) is 0 Å². The normalized spacial score (nSPS) is 10.8. The Morgan fingerprint density at radius 3 is 2.09 bits per heavy atom. The number of carbonyl (C=O) groups excluding carboxylic acids is 3. The number of benzene rings is 2. The monoisotopic (exact) mass is 487 g/mol. The van der Waals surface area contributed by atoms with Crippen LogP contribution in [-0.4, -0.2) is 49.9 Å². The van der Waals surface area contributed by atoms with Gasteiger partial charge in [-0.3, -0.25) is 24.7 Å². The molecule has 0 fully saturated rings. The summed E-state index contributed by atoms with van der Waals surface area (Å²) in [6.07, 6.45) is -1.30. The summed E-state index contributed by atoms with van der Waals surface area (Å²) in [5, 5.41) is 11.5. The van der Waals surface area contributed by atoms with E-state index in [1.807, 2.05) is 0 Å². The highest BCUT2D eigenvalue weighted by Crippen LogP contribution is 2.30. The number of hydrogen-bond acceptors (Lipinski definition) is 8. The van der Waals surface area contributed by atoms with Crippen molar-refractivity contribution >= 4 is 35.2 Å². The van der Waals surface area contributed by atoms with Crippen molar-refractivity contribution < 1.29 is 33.5 Å². The number of esters is 1. The first-order chi connectivity index (χ1) is 16.3. The predicted octanol–water partition coefficient (Wildman–Crippen LogP) is 4.45. The van der Waals surface area contributed by atoms with Crippen LogP contribution in [0.1, 0.15) is 31.9 Å². The average Bonchev–Trinajstić information content (AvgIpc) is 2.80. The number of methoxy groups -OCH3 is 1. The fourth-order valence-electron chi connectivity index (χ4n) is 2.93. The molecule has 0 saturated heterocycles. The van der Waals surface area contributed by atoms with Crippen LogP contribution in [0.3, 0.4) is 0 Å². The molecule has 188 valence electrons. The number of rotatable bonds is 7. The molecule has 0 aliphatic rings. The number of nitro benzene ring substituents is 1. The smallest absolute Gasteiger partial charge is 0.414 e. The second kappa shape index (κ2) is 11.3. The minimum Gasteiger partial charge on any atom is -0.469 e. The van der Waals surface area contributed by atoms with E-state index in [-0.39, 0.29) is 30.4 Å². The van der Waals surface area contributed by atoms with Gasteiger partial charge in [-0.2, -0.15) is 0 Å². The maximum atomic E-state index is 12.5. The SMILES string of the molecule is COC(=O)Cc1ccc(N(C)C(=O)OCc2ccc([N+](=O)[O-])c(N(C)C(=O)OC(C)(C)C)c2)cc1. The highest BCUT2D eigenvalue weighted by atomic mass is 16.6. The predicted molar refractivity (Wildman–Crippen MR) is 128 cm³/mol. The van der Waals surface area contributed by atoms with E-state index in [1.54, 1.807) is 45.0 Å². The minimum atomic E-state index is -0.782. The van der Waals surface area contributed by atoms with Gasteiger partial charge < -0.3 is 14.2 Å². The second-order valence-electron chi connectivity index (χ2n) is 8.65. The molecule has 0 atom stereocenters. The number of nitrogens with zero attached hydrogens (tertiary/aromatic N) is 3. The first-order valence-corrected chi connectivity index (χ1v) is 10.6. The van der Waals surface area contributed by atoms with Gasteiger partial charge in [-0.05, 0) is 56.2 Å². The Morgan fingerprint density at radius 1 is 0.943 bits per heavy atom. The molecule has 0 saturated carbocycles. The molecule has 0 aromatic heterocycles. The minimum absolute atomic E-state index is 0.00680. The number of nitro groups is 1. The van der Waals surface area contributed by atoms with E-state index < -0.39 is 22.7 Å². The fourth-order valence-corrected chi connectivity index (χ4v) is 2.93. The van der Waals surface area contributed by atoms with Crippen molar-refractivity contribution in [3.05, 3.63) is 63.7 Å². The summed E-state index contributed by atoms with van der Waals surface area (Å²) in [4.78, 5) is 49.5. The van der Waals surface area contributed by atoms with Crippen molar-refractivity contribution in [2.24, 2.45) is 0 Å². The molecular formula is C24H29N3O8. The van der Waals surface area contributed by atoms with Crippen LogP contribution in [0, 0.1) is 10.1 Å². The summed E-state index contributed by atoms with van der Waals surface area (Å²) in [5.74, 6) is -0.370. The average molecular weight is 488 g/mol. The van der Waals surface area contributed by atoms with Crippen LogP contribution < -0.4 is 9.80 Å². The number of amides is 2. The van der Waals surface area contributed by atoms with Gasteiger partial charge in [0.05, 0.1) is 18.5 Å². The van der Waals surface area contributed by atoms with E-state index in [9.17, 15) is 24.5 Å². The molecule has 0 radical (unpaired) electrons. The van der Waals surface area contributed by atoms with E-state index in [2.05, 4.69) is 4.74 Å². The van der Waals surface area contributed by atoms with E-state index >= 15 is 0 Å². The third-order valence-electron chi connectivity index (χ3n) is 4.80. The first kappa shape index (κ1) is 27.1. The third-order valence-corrected chi connectivity index (χ3v) is 4.80. The Balaban J connectivity index is 2.12. The summed E-state index contributed by atoms with van der Waals surface area (Å²) < 4.78 is 15.3. The molecular weight excluding hydrogens is 458 g/mol. The van der Waals surface area contributed by atoms with E-state index in [0.29, 0.717) is 11.3 Å².